The normalized spacial score (nSPS) is 13.9. The van der Waals surface area contributed by atoms with Crippen molar-refractivity contribution in [3.8, 4) is 0 Å². The molecule has 0 aromatic carbocycles. The van der Waals surface area contributed by atoms with Crippen LogP contribution in [0.4, 0.5) is 5.95 Å². The average Bonchev–Trinajstić information content (AvgIpc) is 3.12. The Balaban J connectivity index is 0.000000627. The molecule has 0 saturated carbocycles. The van der Waals surface area contributed by atoms with Gasteiger partial charge in [-0.05, 0) is 56.2 Å². The van der Waals surface area contributed by atoms with Crippen LogP contribution in [0, 0.1) is 5.92 Å². The molecule has 0 aliphatic heterocycles. The van der Waals surface area contributed by atoms with Gasteiger partial charge in [0.1, 0.15) is 5.65 Å². The molecule has 0 saturated heterocycles. The molecule has 1 atom stereocenters. The zero-order valence-electron chi connectivity index (χ0n) is 18.6. The van der Waals surface area contributed by atoms with Crippen LogP contribution in [0.1, 0.15) is 46.2 Å². The van der Waals surface area contributed by atoms with Crippen LogP contribution in [-0.2, 0) is 11.2 Å². The predicted octanol–water partition coefficient (Wildman–Crippen LogP) is 6.41. The summed E-state index contributed by atoms with van der Waals surface area (Å²) in [6.07, 6.45) is 13.6. The van der Waals surface area contributed by atoms with E-state index in [1.54, 1.807) is 7.11 Å². The van der Waals surface area contributed by atoms with E-state index in [9.17, 15) is 0 Å². The van der Waals surface area contributed by atoms with Crippen LogP contribution in [-0.4, -0.2) is 34.5 Å². The first-order valence-electron chi connectivity index (χ1n) is 10.2. The van der Waals surface area contributed by atoms with E-state index in [1.807, 2.05) is 25.0 Å². The van der Waals surface area contributed by atoms with Crippen molar-refractivity contribution in [2.24, 2.45) is 5.92 Å². The van der Waals surface area contributed by atoms with Crippen LogP contribution in [0.5, 0.6) is 0 Å². The summed E-state index contributed by atoms with van der Waals surface area (Å²) in [5.74, 6) is 3.08. The van der Waals surface area contributed by atoms with Crippen molar-refractivity contribution < 1.29 is 4.74 Å². The van der Waals surface area contributed by atoms with Gasteiger partial charge in [0.05, 0.1) is 5.69 Å². The van der Waals surface area contributed by atoms with Crippen molar-refractivity contribution >= 4 is 32.9 Å². The zero-order valence-corrected chi connectivity index (χ0v) is 20.1. The molecule has 5 nitrogen and oxygen atoms in total. The Hall–Kier alpha value is -1.92. The van der Waals surface area contributed by atoms with Crippen molar-refractivity contribution in [2.75, 3.05) is 24.9 Å². The summed E-state index contributed by atoms with van der Waals surface area (Å²) in [5.41, 5.74) is 4.44. The SMILES string of the molecule is CBr.CCOC.CCc1nc(NC2=CC=C(C(C)CC)CC=C2)nc2[nH]ccc12. The molecule has 29 heavy (non-hydrogen) atoms. The number of aryl methyl sites for hydroxylation is 1. The van der Waals surface area contributed by atoms with Gasteiger partial charge in [-0.3, -0.25) is 0 Å². The van der Waals surface area contributed by atoms with E-state index < -0.39 is 0 Å². The van der Waals surface area contributed by atoms with Gasteiger partial charge in [-0.1, -0.05) is 54.4 Å². The second-order valence-corrected chi connectivity index (χ2v) is 6.57. The number of fused-ring (bicyclic) bond motifs is 1. The number of ether oxygens (including phenoxy) is 1. The highest BCUT2D eigenvalue weighted by Gasteiger charge is 2.09. The van der Waals surface area contributed by atoms with E-state index in [0.29, 0.717) is 11.9 Å². The summed E-state index contributed by atoms with van der Waals surface area (Å²) in [4.78, 5) is 12.4. The Labute approximate surface area is 183 Å². The van der Waals surface area contributed by atoms with Crippen molar-refractivity contribution in [1.82, 2.24) is 15.0 Å². The van der Waals surface area contributed by atoms with Gasteiger partial charge in [0.15, 0.2) is 0 Å². The van der Waals surface area contributed by atoms with E-state index in [1.165, 1.54) is 12.0 Å². The van der Waals surface area contributed by atoms with Crippen molar-refractivity contribution in [3.63, 3.8) is 0 Å². The third-order valence-electron chi connectivity index (χ3n) is 4.75. The summed E-state index contributed by atoms with van der Waals surface area (Å²) < 4.78 is 4.54. The van der Waals surface area contributed by atoms with Gasteiger partial charge in [0, 0.05) is 31.0 Å². The maximum absolute atomic E-state index is 4.65. The van der Waals surface area contributed by atoms with Gasteiger partial charge < -0.3 is 15.0 Å². The van der Waals surface area contributed by atoms with Gasteiger partial charge in [0.25, 0.3) is 0 Å². The molecule has 1 aliphatic carbocycles. The van der Waals surface area contributed by atoms with Crippen LogP contribution in [0.25, 0.3) is 11.0 Å². The van der Waals surface area contributed by atoms with E-state index in [-0.39, 0.29) is 0 Å². The summed E-state index contributed by atoms with van der Waals surface area (Å²) in [6.45, 7) is 9.40. The average molecular weight is 463 g/mol. The number of hydrogen-bond acceptors (Lipinski definition) is 4. The topological polar surface area (TPSA) is 62.8 Å². The molecular weight excluding hydrogens is 428 g/mol. The van der Waals surface area contributed by atoms with Crippen molar-refractivity contribution in [1.29, 1.82) is 0 Å². The molecule has 2 aromatic heterocycles. The lowest BCUT2D eigenvalue weighted by atomic mass is 9.96. The van der Waals surface area contributed by atoms with E-state index in [4.69, 9.17) is 0 Å². The number of anilines is 1. The van der Waals surface area contributed by atoms with E-state index in [0.717, 1.165) is 41.9 Å². The fraction of sp³-hybridized carbons (Fsp3) is 0.478. The first kappa shape index (κ1) is 25.1. The number of allylic oxidation sites excluding steroid dienone is 5. The maximum Gasteiger partial charge on any atom is 0.229 e. The third kappa shape index (κ3) is 7.78. The van der Waals surface area contributed by atoms with Crippen LogP contribution >= 0.6 is 15.9 Å². The molecule has 160 valence electrons. The minimum absolute atomic E-state index is 0.619. The molecule has 0 radical (unpaired) electrons. The molecule has 3 rings (SSSR count). The van der Waals surface area contributed by atoms with Gasteiger partial charge in [-0.2, -0.15) is 4.98 Å². The highest BCUT2D eigenvalue weighted by Crippen LogP contribution is 2.22. The second kappa shape index (κ2) is 14.1. The molecule has 0 fully saturated rings. The second-order valence-electron chi connectivity index (χ2n) is 6.57. The predicted molar refractivity (Wildman–Crippen MR) is 129 cm³/mol. The molecule has 1 aliphatic rings. The highest BCUT2D eigenvalue weighted by molar-refractivity contribution is 9.08. The van der Waals surface area contributed by atoms with Crippen LogP contribution in [0.15, 0.2) is 47.8 Å². The van der Waals surface area contributed by atoms with Gasteiger partial charge in [-0.25, -0.2) is 4.98 Å². The van der Waals surface area contributed by atoms with E-state index in [2.05, 4.69) is 86.0 Å². The van der Waals surface area contributed by atoms with E-state index >= 15 is 0 Å². The number of hydrogen-bond donors (Lipinski definition) is 2. The van der Waals surface area contributed by atoms with Gasteiger partial charge >= 0.3 is 0 Å². The lowest BCUT2D eigenvalue weighted by Gasteiger charge is -2.10. The molecule has 2 heterocycles. The molecule has 0 spiro atoms. The number of aromatic amines is 1. The quantitative estimate of drug-likeness (QED) is 0.486. The number of rotatable bonds is 6. The summed E-state index contributed by atoms with van der Waals surface area (Å²) >= 11 is 2.94. The van der Waals surface area contributed by atoms with Crippen LogP contribution in [0.2, 0.25) is 0 Å². The Kier molecular flexibility index (Phi) is 12.2. The smallest absolute Gasteiger partial charge is 0.229 e. The number of nitrogens with one attached hydrogen (secondary N) is 2. The van der Waals surface area contributed by atoms with Crippen molar-refractivity contribution in [3.05, 3.63) is 53.5 Å². The number of alkyl halides is 1. The monoisotopic (exact) mass is 462 g/mol. The first-order valence-corrected chi connectivity index (χ1v) is 11.8. The third-order valence-corrected chi connectivity index (χ3v) is 4.75. The minimum atomic E-state index is 0.619. The standard InChI is InChI=1S/C19H24N4.C3H8O.CH3Br/c1-4-13(3)14-7-6-8-15(10-9-14)21-19-22-17(5-2)16-11-12-20-18(16)23-19;1-3-4-2;1-2/h6,8-13H,4-5,7H2,1-3H3,(H2,20,21,22,23);3H2,1-2H3;1H3. The number of aromatic nitrogens is 3. The Morgan fingerprint density at radius 2 is 1.93 bits per heavy atom. The Morgan fingerprint density at radius 3 is 2.55 bits per heavy atom. The van der Waals surface area contributed by atoms with Gasteiger partial charge in [-0.15, -0.1) is 0 Å². The highest BCUT2D eigenvalue weighted by atomic mass is 79.9. The Morgan fingerprint density at radius 1 is 1.21 bits per heavy atom. The fourth-order valence-corrected chi connectivity index (χ4v) is 2.81. The first-order chi connectivity index (χ1) is 14.1. The number of halogens is 1. The largest absolute Gasteiger partial charge is 0.385 e. The molecular formula is C23H35BrN4O. The number of nitrogens with zero attached hydrogens (tertiary/aromatic N) is 2. The lowest BCUT2D eigenvalue weighted by molar-refractivity contribution is 0.215. The molecule has 1 unspecified atom stereocenters. The maximum atomic E-state index is 4.65. The molecule has 2 N–H and O–H groups in total. The van der Waals surface area contributed by atoms with Crippen LogP contribution in [0.3, 0.4) is 0 Å². The summed E-state index contributed by atoms with van der Waals surface area (Å²) in [5, 5.41) is 4.44. The Bertz CT molecular complexity index is 821. The molecule has 2 aromatic rings. The lowest BCUT2D eigenvalue weighted by Crippen LogP contribution is -2.04. The summed E-state index contributed by atoms with van der Waals surface area (Å²) in [7, 11) is 1.68. The van der Waals surface area contributed by atoms with Crippen LogP contribution < -0.4 is 5.32 Å². The van der Waals surface area contributed by atoms with Gasteiger partial charge in [0.2, 0.25) is 5.95 Å². The van der Waals surface area contributed by atoms with Crippen molar-refractivity contribution in [2.45, 2.75) is 47.0 Å². The molecule has 6 heteroatoms. The number of H-pyrrole nitrogens is 1. The minimum Gasteiger partial charge on any atom is -0.385 e. The molecule has 0 amide bonds. The number of methoxy groups -OCH3 is 1. The fourth-order valence-electron chi connectivity index (χ4n) is 2.81. The molecule has 0 bridgehead atoms. The zero-order chi connectivity index (χ0) is 21.6. The summed E-state index contributed by atoms with van der Waals surface area (Å²) in [6, 6.07) is 2.03.